The van der Waals surface area contributed by atoms with Crippen molar-refractivity contribution in [2.24, 2.45) is 0 Å². The number of rotatable bonds is 2. The van der Waals surface area contributed by atoms with Gasteiger partial charge in [0.2, 0.25) is 5.76 Å². The minimum atomic E-state index is -1.07. The number of carboxylic acids is 1. The summed E-state index contributed by atoms with van der Waals surface area (Å²) in [5, 5.41) is 10.7. The van der Waals surface area contributed by atoms with E-state index >= 15 is 0 Å². The highest BCUT2D eigenvalue weighted by Crippen LogP contribution is 2.21. The highest BCUT2D eigenvalue weighted by atomic mass is 16.5. The van der Waals surface area contributed by atoms with Gasteiger partial charge in [-0.05, 0) is 23.4 Å². The van der Waals surface area contributed by atoms with Crippen LogP contribution in [-0.4, -0.2) is 24.3 Å². The highest BCUT2D eigenvalue weighted by Gasteiger charge is 2.24. The number of ether oxygens (including phenoxy) is 2. The van der Waals surface area contributed by atoms with Gasteiger partial charge in [0.25, 0.3) is 0 Å². The molecule has 0 radical (unpaired) electrons. The third-order valence-electron chi connectivity index (χ3n) is 3.20. The summed E-state index contributed by atoms with van der Waals surface area (Å²) in [5.74, 6) is -0.505. The lowest BCUT2D eigenvalue weighted by atomic mass is 9.97. The molecule has 4 nitrogen and oxygen atoms in total. The molecule has 3 rings (SSSR count). The summed E-state index contributed by atoms with van der Waals surface area (Å²) < 4.78 is 10.7. The van der Waals surface area contributed by atoms with E-state index in [1.807, 2.05) is 36.4 Å². The number of carbonyl (C=O) groups is 1. The van der Waals surface area contributed by atoms with Crippen LogP contribution in [0.1, 0.15) is 0 Å². The number of hydrogen-bond acceptors (Lipinski definition) is 3. The van der Waals surface area contributed by atoms with Crippen molar-refractivity contribution in [1.82, 2.24) is 0 Å². The molecule has 2 aliphatic rings. The molecule has 1 heterocycles. The summed E-state index contributed by atoms with van der Waals surface area (Å²) in [4.78, 5) is 11.3. The smallest absolute Gasteiger partial charge is 0.371 e. The van der Waals surface area contributed by atoms with Gasteiger partial charge in [-0.2, -0.15) is 0 Å². The Morgan fingerprint density at radius 1 is 1.32 bits per heavy atom. The Kier molecular flexibility index (Phi) is 2.63. The van der Waals surface area contributed by atoms with E-state index in [9.17, 15) is 9.90 Å². The maximum atomic E-state index is 11.3. The third kappa shape index (κ3) is 1.81. The predicted molar refractivity (Wildman–Crippen MR) is 69.8 cm³/mol. The Morgan fingerprint density at radius 3 is 2.89 bits per heavy atom. The molecule has 1 unspecified atom stereocenters. The van der Waals surface area contributed by atoms with Gasteiger partial charge in [0.05, 0.1) is 7.11 Å². The van der Waals surface area contributed by atoms with Crippen molar-refractivity contribution in [3.05, 3.63) is 52.9 Å². The standard InChI is InChI=1S/C15H12O4/c1-18-9-6-7-10-11-4-2-3-5-13(11)19-14(15(16)17)12(10)8-9/h2-8,13H,1H3,(H,16,17). The summed E-state index contributed by atoms with van der Waals surface area (Å²) in [6, 6.07) is 5.37. The van der Waals surface area contributed by atoms with Gasteiger partial charge in [-0.15, -0.1) is 0 Å². The van der Waals surface area contributed by atoms with Gasteiger partial charge in [0, 0.05) is 10.8 Å². The van der Waals surface area contributed by atoms with E-state index < -0.39 is 5.97 Å². The van der Waals surface area contributed by atoms with Crippen LogP contribution in [0.15, 0.2) is 42.5 Å². The van der Waals surface area contributed by atoms with Crippen LogP contribution in [0, 0.1) is 0 Å². The molecule has 0 aromatic heterocycles. The zero-order valence-corrected chi connectivity index (χ0v) is 10.3. The van der Waals surface area contributed by atoms with Crippen LogP contribution in [0.2, 0.25) is 0 Å². The summed E-state index contributed by atoms with van der Waals surface area (Å²) >= 11 is 0. The monoisotopic (exact) mass is 256 g/mol. The number of benzene rings is 1. The number of aliphatic carboxylic acids is 1. The van der Waals surface area contributed by atoms with Gasteiger partial charge in [0.15, 0.2) is 0 Å². The first kappa shape index (κ1) is 11.6. The van der Waals surface area contributed by atoms with Crippen LogP contribution in [0.5, 0.6) is 5.75 Å². The van der Waals surface area contributed by atoms with E-state index in [-0.39, 0.29) is 11.9 Å². The largest absolute Gasteiger partial charge is 0.497 e. The Bertz CT molecular complexity index is 725. The molecule has 1 aromatic rings. The predicted octanol–water partition coefficient (Wildman–Crippen LogP) is 0.563. The average molecular weight is 256 g/mol. The first-order valence-electron chi connectivity index (χ1n) is 5.88. The van der Waals surface area contributed by atoms with E-state index in [1.54, 1.807) is 13.2 Å². The van der Waals surface area contributed by atoms with Gasteiger partial charge in [0.1, 0.15) is 11.9 Å². The molecular weight excluding hydrogens is 244 g/mol. The van der Waals surface area contributed by atoms with Crippen LogP contribution in [0.25, 0.3) is 11.3 Å². The van der Waals surface area contributed by atoms with Crippen LogP contribution in [-0.2, 0) is 9.53 Å². The van der Waals surface area contributed by atoms with Gasteiger partial charge in [-0.3, -0.25) is 0 Å². The molecule has 0 saturated heterocycles. The zero-order valence-electron chi connectivity index (χ0n) is 10.3. The molecule has 0 amide bonds. The lowest BCUT2D eigenvalue weighted by Crippen LogP contribution is -2.40. The lowest BCUT2D eigenvalue weighted by Gasteiger charge is -2.23. The second-order valence-corrected chi connectivity index (χ2v) is 4.28. The number of methoxy groups -OCH3 is 1. The second kappa shape index (κ2) is 4.31. The second-order valence-electron chi connectivity index (χ2n) is 4.28. The van der Waals surface area contributed by atoms with E-state index in [2.05, 4.69) is 0 Å². The Labute approximate surface area is 109 Å². The van der Waals surface area contributed by atoms with Crippen LogP contribution < -0.4 is 15.2 Å². The first-order valence-corrected chi connectivity index (χ1v) is 5.88. The molecule has 0 bridgehead atoms. The molecule has 0 saturated carbocycles. The SMILES string of the molecule is COc1ccc2c(c1)=C(C(=O)O)OC1C=CC=CC=21. The van der Waals surface area contributed by atoms with Crippen molar-refractivity contribution in [2.75, 3.05) is 7.11 Å². The summed E-state index contributed by atoms with van der Waals surface area (Å²) in [6.45, 7) is 0. The maximum absolute atomic E-state index is 11.3. The summed E-state index contributed by atoms with van der Waals surface area (Å²) in [6.07, 6.45) is 7.20. The average Bonchev–Trinajstić information content (AvgIpc) is 2.45. The van der Waals surface area contributed by atoms with E-state index in [4.69, 9.17) is 9.47 Å². The normalized spacial score (nSPS) is 19.5. The van der Waals surface area contributed by atoms with Gasteiger partial charge in [-0.25, -0.2) is 4.79 Å². The molecule has 1 atom stereocenters. The number of fused-ring (bicyclic) bond motifs is 2. The first-order chi connectivity index (χ1) is 9.20. The molecule has 1 aliphatic heterocycles. The van der Waals surface area contributed by atoms with Crippen molar-refractivity contribution in [2.45, 2.75) is 6.10 Å². The molecule has 0 spiro atoms. The third-order valence-corrected chi connectivity index (χ3v) is 3.20. The minimum absolute atomic E-state index is 0.0393. The number of allylic oxidation sites excluding steroid dienone is 2. The van der Waals surface area contributed by atoms with Crippen LogP contribution >= 0.6 is 0 Å². The maximum Gasteiger partial charge on any atom is 0.371 e. The van der Waals surface area contributed by atoms with E-state index in [0.717, 1.165) is 10.8 Å². The van der Waals surface area contributed by atoms with Gasteiger partial charge >= 0.3 is 5.97 Å². The quantitative estimate of drug-likeness (QED) is 0.840. The molecule has 1 N–H and O–H groups in total. The van der Waals surface area contributed by atoms with E-state index in [0.29, 0.717) is 11.0 Å². The molecule has 1 aromatic carbocycles. The van der Waals surface area contributed by atoms with E-state index in [1.165, 1.54) is 0 Å². The molecular formula is C15H12O4. The number of hydrogen-bond donors (Lipinski definition) is 1. The van der Waals surface area contributed by atoms with Crippen molar-refractivity contribution < 1.29 is 19.4 Å². The molecule has 19 heavy (non-hydrogen) atoms. The molecule has 0 fully saturated rings. The fraction of sp³-hybridized carbons (Fsp3) is 0.133. The summed E-state index contributed by atoms with van der Waals surface area (Å²) in [5.41, 5.74) is 0.963. The minimum Gasteiger partial charge on any atom is -0.497 e. The Hall–Kier alpha value is -2.49. The Morgan fingerprint density at radius 2 is 2.16 bits per heavy atom. The fourth-order valence-electron chi connectivity index (χ4n) is 2.31. The molecule has 96 valence electrons. The molecule has 4 heteroatoms. The van der Waals surface area contributed by atoms with Crippen molar-refractivity contribution >= 4 is 17.3 Å². The van der Waals surface area contributed by atoms with Crippen molar-refractivity contribution in [3.63, 3.8) is 0 Å². The lowest BCUT2D eigenvalue weighted by molar-refractivity contribution is -0.133. The van der Waals surface area contributed by atoms with Gasteiger partial charge in [-0.1, -0.05) is 24.3 Å². The molecule has 1 aliphatic carbocycles. The zero-order chi connectivity index (χ0) is 13.4. The topological polar surface area (TPSA) is 55.8 Å². The van der Waals surface area contributed by atoms with Crippen molar-refractivity contribution in [1.29, 1.82) is 0 Å². The highest BCUT2D eigenvalue weighted by molar-refractivity contribution is 6.06. The van der Waals surface area contributed by atoms with Crippen molar-refractivity contribution in [3.8, 4) is 5.75 Å². The Balaban J connectivity index is 2.40. The van der Waals surface area contributed by atoms with Crippen LogP contribution in [0.4, 0.5) is 0 Å². The van der Waals surface area contributed by atoms with Crippen LogP contribution in [0.3, 0.4) is 0 Å². The fourth-order valence-corrected chi connectivity index (χ4v) is 2.31. The number of carboxylic acid groups (broad SMARTS) is 1. The summed E-state index contributed by atoms with van der Waals surface area (Å²) in [7, 11) is 1.55. The van der Waals surface area contributed by atoms with Gasteiger partial charge < -0.3 is 14.6 Å².